The molecule has 2 aromatic rings. The summed E-state index contributed by atoms with van der Waals surface area (Å²) in [4.78, 5) is 38.4. The summed E-state index contributed by atoms with van der Waals surface area (Å²) in [6.07, 6.45) is 1.53. The Kier molecular flexibility index (Phi) is 4.31. The summed E-state index contributed by atoms with van der Waals surface area (Å²) in [6, 6.07) is 5.18. The van der Waals surface area contributed by atoms with E-state index in [-0.39, 0.29) is 24.1 Å². The number of piperidine rings is 1. The van der Waals surface area contributed by atoms with Gasteiger partial charge < -0.3 is 15.5 Å². The molecule has 0 aliphatic carbocycles. The van der Waals surface area contributed by atoms with Gasteiger partial charge in [0.1, 0.15) is 6.04 Å². The van der Waals surface area contributed by atoms with Gasteiger partial charge in [0.25, 0.3) is 5.91 Å². The maximum absolute atomic E-state index is 13.1. The SMILES string of the molecule is O=C1CCC(N2Cc3cccc(CNc4n[nH]c5c4CCNC5)c3C2=O)C(=O)N1. The van der Waals surface area contributed by atoms with E-state index in [4.69, 9.17) is 0 Å². The molecule has 1 fully saturated rings. The third kappa shape index (κ3) is 3.07. The Balaban J connectivity index is 1.35. The molecule has 150 valence electrons. The highest BCUT2D eigenvalue weighted by atomic mass is 16.2. The van der Waals surface area contributed by atoms with Crippen molar-refractivity contribution >= 4 is 23.5 Å². The first-order chi connectivity index (χ1) is 14.1. The number of anilines is 1. The van der Waals surface area contributed by atoms with E-state index in [2.05, 4.69) is 26.1 Å². The molecule has 4 N–H and O–H groups in total. The number of hydrogen-bond donors (Lipinski definition) is 4. The Labute approximate surface area is 167 Å². The van der Waals surface area contributed by atoms with Crippen molar-refractivity contribution in [1.82, 2.24) is 25.7 Å². The standard InChI is InChI=1S/C20H22N6O3/c27-16-5-4-15(19(28)23-16)26-10-12-3-1-2-11(17(12)20(26)29)8-22-18-13-6-7-21-9-14(13)24-25-18/h1-3,15,21H,4-10H2,(H2,22,24,25)(H,23,27,28). The molecule has 1 atom stereocenters. The van der Waals surface area contributed by atoms with Gasteiger partial charge in [-0.2, -0.15) is 5.10 Å². The minimum atomic E-state index is -0.598. The van der Waals surface area contributed by atoms with Crippen molar-refractivity contribution in [2.24, 2.45) is 0 Å². The topological polar surface area (TPSA) is 119 Å². The third-order valence-electron chi connectivity index (χ3n) is 5.89. The predicted octanol–water partition coefficient (Wildman–Crippen LogP) is 0.429. The quantitative estimate of drug-likeness (QED) is 0.559. The number of rotatable bonds is 4. The van der Waals surface area contributed by atoms with Gasteiger partial charge in [-0.15, -0.1) is 0 Å². The molecule has 0 radical (unpaired) electrons. The highest BCUT2D eigenvalue weighted by Crippen LogP contribution is 2.30. The maximum atomic E-state index is 13.1. The van der Waals surface area contributed by atoms with Crippen LogP contribution in [0.2, 0.25) is 0 Å². The molecule has 0 spiro atoms. The van der Waals surface area contributed by atoms with Gasteiger partial charge in [0, 0.05) is 37.2 Å². The molecular formula is C20H22N6O3. The Bertz CT molecular complexity index is 1010. The van der Waals surface area contributed by atoms with E-state index in [1.54, 1.807) is 4.90 Å². The van der Waals surface area contributed by atoms with Gasteiger partial charge in [0.2, 0.25) is 11.8 Å². The molecule has 4 heterocycles. The molecule has 5 rings (SSSR count). The largest absolute Gasteiger partial charge is 0.364 e. The second-order valence-corrected chi connectivity index (χ2v) is 7.66. The molecule has 3 amide bonds. The van der Waals surface area contributed by atoms with Crippen molar-refractivity contribution in [1.29, 1.82) is 0 Å². The summed E-state index contributed by atoms with van der Waals surface area (Å²) in [5.41, 5.74) is 4.72. The van der Waals surface area contributed by atoms with Crippen molar-refractivity contribution in [2.75, 3.05) is 11.9 Å². The van der Waals surface area contributed by atoms with Gasteiger partial charge in [-0.05, 0) is 30.5 Å². The number of aromatic nitrogens is 2. The highest BCUT2D eigenvalue weighted by molar-refractivity contribution is 6.06. The number of nitrogens with one attached hydrogen (secondary N) is 4. The van der Waals surface area contributed by atoms with Crippen molar-refractivity contribution in [3.05, 3.63) is 46.1 Å². The zero-order chi connectivity index (χ0) is 20.0. The van der Waals surface area contributed by atoms with E-state index in [0.717, 1.165) is 42.1 Å². The first-order valence-corrected chi connectivity index (χ1v) is 9.88. The minimum absolute atomic E-state index is 0.153. The van der Waals surface area contributed by atoms with Gasteiger partial charge in [0.05, 0.1) is 5.69 Å². The normalized spacial score (nSPS) is 21.0. The molecule has 1 unspecified atom stereocenters. The molecule has 3 aliphatic rings. The number of carbonyl (C=O) groups excluding carboxylic acids is 3. The molecule has 9 nitrogen and oxygen atoms in total. The molecule has 0 bridgehead atoms. The van der Waals surface area contributed by atoms with Crippen LogP contribution in [0.4, 0.5) is 5.82 Å². The second kappa shape index (κ2) is 7.00. The maximum Gasteiger partial charge on any atom is 0.255 e. The van der Waals surface area contributed by atoms with Crippen LogP contribution in [0.5, 0.6) is 0 Å². The van der Waals surface area contributed by atoms with Gasteiger partial charge in [-0.3, -0.25) is 24.8 Å². The van der Waals surface area contributed by atoms with Crippen LogP contribution in [0, 0.1) is 0 Å². The van der Waals surface area contributed by atoms with Crippen LogP contribution in [-0.4, -0.2) is 45.4 Å². The lowest BCUT2D eigenvalue weighted by Gasteiger charge is -2.29. The van der Waals surface area contributed by atoms with Crippen molar-refractivity contribution in [3.8, 4) is 0 Å². The second-order valence-electron chi connectivity index (χ2n) is 7.66. The number of fused-ring (bicyclic) bond motifs is 2. The van der Waals surface area contributed by atoms with Crippen LogP contribution >= 0.6 is 0 Å². The van der Waals surface area contributed by atoms with Crippen LogP contribution in [0.1, 0.15) is 45.6 Å². The summed E-state index contributed by atoms with van der Waals surface area (Å²) in [6.45, 7) is 2.56. The van der Waals surface area contributed by atoms with Crippen molar-refractivity contribution in [3.63, 3.8) is 0 Å². The van der Waals surface area contributed by atoms with Gasteiger partial charge in [0.15, 0.2) is 5.82 Å². The summed E-state index contributed by atoms with van der Waals surface area (Å²) in [5, 5.41) is 16.4. The van der Waals surface area contributed by atoms with Crippen LogP contribution in [0.3, 0.4) is 0 Å². The molecule has 1 aromatic carbocycles. The monoisotopic (exact) mass is 394 g/mol. The Morgan fingerprint density at radius 2 is 2.10 bits per heavy atom. The number of amides is 3. The average Bonchev–Trinajstić information content (AvgIpc) is 3.28. The van der Waals surface area contributed by atoms with Crippen molar-refractivity contribution in [2.45, 2.75) is 44.9 Å². The van der Waals surface area contributed by atoms with Gasteiger partial charge in [-0.1, -0.05) is 18.2 Å². The van der Waals surface area contributed by atoms with Crippen LogP contribution in [-0.2, 0) is 35.6 Å². The predicted molar refractivity (Wildman–Crippen MR) is 104 cm³/mol. The fourth-order valence-corrected chi connectivity index (χ4v) is 4.41. The van der Waals surface area contributed by atoms with Gasteiger partial charge in [-0.25, -0.2) is 0 Å². The summed E-state index contributed by atoms with van der Waals surface area (Å²) in [5.74, 6) is 0.00315. The minimum Gasteiger partial charge on any atom is -0.364 e. The molecule has 29 heavy (non-hydrogen) atoms. The zero-order valence-electron chi connectivity index (χ0n) is 15.9. The summed E-state index contributed by atoms with van der Waals surface area (Å²) >= 11 is 0. The number of aromatic amines is 1. The number of carbonyl (C=O) groups is 3. The molecule has 1 saturated heterocycles. The van der Waals surface area contributed by atoms with Gasteiger partial charge >= 0.3 is 0 Å². The van der Waals surface area contributed by atoms with E-state index in [1.807, 2.05) is 18.2 Å². The van der Waals surface area contributed by atoms with Crippen LogP contribution in [0.25, 0.3) is 0 Å². The number of imide groups is 1. The van der Waals surface area contributed by atoms with E-state index >= 15 is 0 Å². The molecule has 0 saturated carbocycles. The van der Waals surface area contributed by atoms with E-state index in [1.165, 1.54) is 5.56 Å². The fraction of sp³-hybridized carbons (Fsp3) is 0.400. The molecule has 9 heteroatoms. The average molecular weight is 394 g/mol. The summed E-state index contributed by atoms with van der Waals surface area (Å²) in [7, 11) is 0. The molecular weight excluding hydrogens is 372 g/mol. The summed E-state index contributed by atoms with van der Waals surface area (Å²) < 4.78 is 0. The Morgan fingerprint density at radius 3 is 2.97 bits per heavy atom. The number of H-pyrrole nitrogens is 1. The lowest BCUT2D eigenvalue weighted by molar-refractivity contribution is -0.136. The molecule has 3 aliphatic heterocycles. The van der Waals surface area contributed by atoms with Crippen LogP contribution < -0.4 is 16.0 Å². The number of hydrogen-bond acceptors (Lipinski definition) is 6. The number of benzene rings is 1. The Hall–Kier alpha value is -3.20. The van der Waals surface area contributed by atoms with E-state index in [9.17, 15) is 14.4 Å². The Morgan fingerprint density at radius 1 is 1.21 bits per heavy atom. The molecule has 1 aromatic heterocycles. The number of nitrogens with zero attached hydrogens (tertiary/aromatic N) is 2. The van der Waals surface area contributed by atoms with E-state index in [0.29, 0.717) is 25.1 Å². The van der Waals surface area contributed by atoms with Crippen LogP contribution in [0.15, 0.2) is 18.2 Å². The smallest absolute Gasteiger partial charge is 0.255 e. The highest BCUT2D eigenvalue weighted by Gasteiger charge is 2.39. The zero-order valence-corrected chi connectivity index (χ0v) is 15.9. The fourth-order valence-electron chi connectivity index (χ4n) is 4.41. The first-order valence-electron chi connectivity index (χ1n) is 9.88. The first kappa shape index (κ1) is 17.9. The lowest BCUT2D eigenvalue weighted by atomic mass is 10.0. The lowest BCUT2D eigenvalue weighted by Crippen LogP contribution is -2.52. The third-order valence-corrected chi connectivity index (χ3v) is 5.89. The van der Waals surface area contributed by atoms with Crippen molar-refractivity contribution < 1.29 is 14.4 Å². The van der Waals surface area contributed by atoms with E-state index < -0.39 is 6.04 Å².